The van der Waals surface area contributed by atoms with Crippen molar-refractivity contribution in [3.8, 4) is 0 Å². The summed E-state index contributed by atoms with van der Waals surface area (Å²) in [6.07, 6.45) is 1.11. The topological polar surface area (TPSA) is 155 Å². The molecule has 8 aliphatic heterocycles. The van der Waals surface area contributed by atoms with E-state index in [2.05, 4.69) is 535 Å². The average Bonchev–Trinajstić information content (AvgIpc) is 1.58. The molecule has 8 aromatic heterocycles. The fraction of sp³-hybridized carbons (Fsp3) is 0.238. The molecule has 748 valence electrons. The normalized spacial score (nSPS) is 18.7. The number of para-hydroxylation sites is 8. The van der Waals surface area contributed by atoms with Crippen molar-refractivity contribution in [2.24, 2.45) is 0 Å². The van der Waals surface area contributed by atoms with Crippen molar-refractivity contribution in [3.63, 3.8) is 0 Å². The van der Waals surface area contributed by atoms with Crippen LogP contribution in [-0.4, -0.2) is 146 Å². The van der Waals surface area contributed by atoms with E-state index in [1.165, 1.54) is 78.9 Å². The summed E-state index contributed by atoms with van der Waals surface area (Å²) in [6, 6.07) is 108. The molecule has 150 heavy (non-hydrogen) atoms. The molecule has 0 radical (unpaired) electrons. The SMILES string of the molecule is Cc1c(N2c3cc4ccccc4nc3N(C)[C@H]2C)cccc1N1c2cc3ccccc3nc2N(C)[C@@H]1C.Cc1c(N2c3nc4ccccc4cc3N(C)[C@H]2C)cccc1N1c2nc3ccccc3cc2N(C)[C@@H]1C.Cc1cc(N2c3cc4ccccc4nc3N(C)[C@H]2C)c(C)c(N2c3cc4ccccc4nc3N(C)[C@@H]2C)c1.Cc1cc(N2c3nc4ccccc4cc3N(C)[C@H]2C)c(C)c(N2c3nc4ccccc4cc3N(C)[C@@H]2C)c1. The lowest BCUT2D eigenvalue weighted by atomic mass is 10.0. The Balaban J connectivity index is 0.000000104. The number of pyridine rings is 8. The van der Waals surface area contributed by atoms with Crippen LogP contribution in [0.5, 0.6) is 0 Å². The molecule has 0 amide bonds. The first kappa shape index (κ1) is 93.8. The van der Waals surface area contributed by atoms with E-state index in [1.807, 2.05) is 0 Å². The first-order valence-electron chi connectivity index (χ1n) is 52.3. The predicted octanol–water partition coefficient (Wildman–Crippen LogP) is 28.5. The van der Waals surface area contributed by atoms with Crippen LogP contribution in [0, 0.1) is 41.5 Å². The Morgan fingerprint density at radius 1 is 0.147 bits per heavy atom. The zero-order chi connectivity index (χ0) is 103. The molecule has 20 aromatic rings. The van der Waals surface area contributed by atoms with Crippen molar-refractivity contribution in [1.29, 1.82) is 0 Å². The maximum atomic E-state index is 5.16. The summed E-state index contributed by atoms with van der Waals surface area (Å²) in [7, 11) is 17.2. The molecule has 0 spiro atoms. The Morgan fingerprint density at radius 3 is 0.513 bits per heavy atom. The monoisotopic (exact) mass is 1970 g/mol. The van der Waals surface area contributed by atoms with E-state index in [0.717, 1.165) is 179 Å². The van der Waals surface area contributed by atoms with Gasteiger partial charge in [-0.2, -0.15) is 0 Å². The largest absolute Gasteiger partial charge is 0.351 e. The van der Waals surface area contributed by atoms with Gasteiger partial charge in [0.05, 0.1) is 89.6 Å². The molecule has 24 heteroatoms. The molecule has 24 nitrogen and oxygen atoms in total. The second kappa shape index (κ2) is 35.8. The molecule has 0 fully saturated rings. The molecule has 0 bridgehead atoms. The predicted molar refractivity (Wildman–Crippen MR) is 628 cm³/mol. The van der Waals surface area contributed by atoms with Gasteiger partial charge in [-0.25, -0.2) is 39.9 Å². The summed E-state index contributed by atoms with van der Waals surface area (Å²) in [6.45, 7) is 31.3. The van der Waals surface area contributed by atoms with Gasteiger partial charge in [-0.05, 0) is 276 Å². The van der Waals surface area contributed by atoms with E-state index in [4.69, 9.17) is 39.9 Å². The number of hydrogen-bond donors (Lipinski definition) is 0. The van der Waals surface area contributed by atoms with Crippen LogP contribution < -0.4 is 78.4 Å². The van der Waals surface area contributed by atoms with E-state index in [1.54, 1.807) is 0 Å². The smallest absolute Gasteiger partial charge is 0.159 e. The molecule has 8 atom stereocenters. The third-order valence-corrected chi connectivity index (χ3v) is 33.4. The number of fused-ring (bicyclic) bond motifs is 16. The van der Waals surface area contributed by atoms with Crippen LogP contribution in [0.15, 0.2) is 303 Å². The molecule has 0 aliphatic carbocycles. The van der Waals surface area contributed by atoms with Gasteiger partial charge in [0.25, 0.3) is 0 Å². The lowest BCUT2D eigenvalue weighted by molar-refractivity contribution is 0.721. The molecule has 0 saturated carbocycles. The lowest BCUT2D eigenvalue weighted by Crippen LogP contribution is -2.37. The standard InChI is InChI=1S/2C32H32N6.2C31H30N6/c1-19-15-27(37-21(3)35(5)31-29(37)17-23-11-7-9-13-25(23)33-31)20(2)28(16-19)38-22(4)36(6)32-30(38)18-24-12-8-10-14-26(24)34-32;1-19-15-27(37-21(3)35(5)29-17-23-11-7-9-13-25(23)33-31(29)37)20(2)28(16-19)38-22(4)36(6)30-18-24-12-8-10-14-26(24)34-32(30)38;1-19-26(36-20(2)34(4)30-28(36)17-22-11-6-8-13-24(22)32-30)15-10-16-27(19)37-21(3)35(5)31-29(37)18-23-12-7-9-14-25(23)33-31;1-19-26(36-20(2)34(4)28-17-22-11-6-8-13-24(22)32-30(28)36)15-10-16-27(19)37-21(3)35(5)29-18-23-12-7-9-14-25(23)33-31(29)37/h2*7-18,21-22H,1-6H3;2*6-18,20-21H,1-5H3/t2*21-,22+;2*20-,21+. The van der Waals surface area contributed by atoms with E-state index in [0.29, 0.717) is 0 Å². The van der Waals surface area contributed by atoms with Gasteiger partial charge in [-0.1, -0.05) is 158 Å². The second-order valence-corrected chi connectivity index (χ2v) is 41.8. The van der Waals surface area contributed by atoms with Crippen LogP contribution >= 0.6 is 0 Å². The quantitative estimate of drug-likeness (QED) is 0.141. The molecule has 12 aromatic carbocycles. The summed E-state index contributed by atoms with van der Waals surface area (Å²) >= 11 is 0. The van der Waals surface area contributed by atoms with Crippen LogP contribution in [0.3, 0.4) is 0 Å². The van der Waals surface area contributed by atoms with Crippen molar-refractivity contribution in [3.05, 3.63) is 337 Å². The Hall–Kier alpha value is -17.3. The highest BCUT2D eigenvalue weighted by Crippen LogP contribution is 2.57. The second-order valence-electron chi connectivity index (χ2n) is 41.8. The van der Waals surface area contributed by atoms with E-state index >= 15 is 0 Å². The highest BCUT2D eigenvalue weighted by molar-refractivity contribution is 6.03. The third kappa shape index (κ3) is 14.7. The van der Waals surface area contributed by atoms with Gasteiger partial charge in [0, 0.05) is 145 Å². The fourth-order valence-electron chi connectivity index (χ4n) is 24.2. The van der Waals surface area contributed by atoms with Gasteiger partial charge < -0.3 is 78.4 Å². The first-order chi connectivity index (χ1) is 72.5. The number of anilines is 24. The summed E-state index contributed by atoms with van der Waals surface area (Å²) < 4.78 is 0. The number of nitrogens with zero attached hydrogens (tertiary/aromatic N) is 24. The Morgan fingerprint density at radius 2 is 0.300 bits per heavy atom. The van der Waals surface area contributed by atoms with Gasteiger partial charge in [0.15, 0.2) is 46.5 Å². The van der Waals surface area contributed by atoms with Crippen LogP contribution in [0.4, 0.5) is 138 Å². The molecular formula is C126H124N24. The summed E-state index contributed by atoms with van der Waals surface area (Å²) in [5.74, 6) is 8.11. The number of rotatable bonds is 8. The highest BCUT2D eigenvalue weighted by Gasteiger charge is 2.46. The van der Waals surface area contributed by atoms with E-state index in [9.17, 15) is 0 Å². The summed E-state index contributed by atoms with van der Waals surface area (Å²) in [4.78, 5) is 78.4. The van der Waals surface area contributed by atoms with Crippen molar-refractivity contribution in [2.75, 3.05) is 135 Å². The molecule has 28 rings (SSSR count). The zero-order valence-electron chi connectivity index (χ0n) is 89.2. The van der Waals surface area contributed by atoms with Crippen molar-refractivity contribution >= 4 is 225 Å². The van der Waals surface area contributed by atoms with Gasteiger partial charge in [-0.15, -0.1) is 0 Å². The van der Waals surface area contributed by atoms with E-state index < -0.39 is 0 Å². The Kier molecular flexibility index (Phi) is 22.4. The van der Waals surface area contributed by atoms with Gasteiger partial charge >= 0.3 is 0 Å². The fourth-order valence-corrected chi connectivity index (χ4v) is 24.2. The number of benzene rings is 12. The van der Waals surface area contributed by atoms with Crippen LogP contribution in [0.2, 0.25) is 0 Å². The van der Waals surface area contributed by atoms with E-state index in [-0.39, 0.29) is 49.3 Å². The maximum absolute atomic E-state index is 5.16. The number of aromatic nitrogens is 8. The number of aryl methyl sites for hydroxylation is 2. The van der Waals surface area contributed by atoms with Crippen LogP contribution in [-0.2, 0) is 0 Å². The minimum absolute atomic E-state index is 0.135. The summed E-state index contributed by atoms with van der Waals surface area (Å²) in [5.41, 5.74) is 34.3. The van der Waals surface area contributed by atoms with Crippen LogP contribution in [0.1, 0.15) is 88.8 Å². The number of hydrogen-bond acceptors (Lipinski definition) is 24. The van der Waals surface area contributed by atoms with Gasteiger partial charge in [0.1, 0.15) is 49.3 Å². The lowest BCUT2D eigenvalue weighted by Gasteiger charge is -2.33. The third-order valence-electron chi connectivity index (χ3n) is 33.4. The average molecular weight is 1970 g/mol. The first-order valence-corrected chi connectivity index (χ1v) is 52.3. The molecule has 16 heterocycles. The van der Waals surface area contributed by atoms with Crippen molar-refractivity contribution in [1.82, 2.24) is 39.9 Å². The van der Waals surface area contributed by atoms with Crippen molar-refractivity contribution < 1.29 is 0 Å². The molecular weight excluding hydrogens is 1850 g/mol. The zero-order valence-corrected chi connectivity index (χ0v) is 89.2. The maximum Gasteiger partial charge on any atom is 0.159 e. The van der Waals surface area contributed by atoms with Gasteiger partial charge in [0.2, 0.25) is 0 Å². The van der Waals surface area contributed by atoms with Crippen molar-refractivity contribution in [2.45, 2.75) is 146 Å². The van der Waals surface area contributed by atoms with Gasteiger partial charge in [-0.3, -0.25) is 0 Å². The Labute approximate surface area is 876 Å². The molecule has 0 unspecified atom stereocenters. The van der Waals surface area contributed by atoms with Crippen LogP contribution in [0.25, 0.3) is 87.2 Å². The molecule has 0 N–H and O–H groups in total. The minimum atomic E-state index is 0.135. The Bertz CT molecular complexity index is 7920. The summed E-state index contributed by atoms with van der Waals surface area (Å²) in [5, 5.41) is 9.29. The highest BCUT2D eigenvalue weighted by atomic mass is 15.5. The molecule has 8 aliphatic rings. The minimum Gasteiger partial charge on any atom is -0.351 e. The molecule has 0 saturated heterocycles.